The van der Waals surface area contributed by atoms with Crippen molar-refractivity contribution in [2.75, 3.05) is 0 Å². The summed E-state index contributed by atoms with van der Waals surface area (Å²) < 4.78 is 1.17. The summed E-state index contributed by atoms with van der Waals surface area (Å²) in [5.41, 5.74) is 1.00. The van der Waals surface area contributed by atoms with Crippen molar-refractivity contribution in [3.63, 3.8) is 0 Å². The van der Waals surface area contributed by atoms with Crippen LogP contribution in [0.15, 0.2) is 42.9 Å². The monoisotopic (exact) mass is 213 g/mol. The number of hydrogen-bond acceptors (Lipinski definition) is 4. The standard InChI is InChI=1S/C11H7N3S/c1-3-9-8(12-4-1)7-10(15-9)11-13-5-2-6-14-11/h1-7H. The lowest BCUT2D eigenvalue weighted by atomic mass is 10.3. The van der Waals surface area contributed by atoms with Crippen molar-refractivity contribution in [3.05, 3.63) is 42.9 Å². The zero-order valence-corrected chi connectivity index (χ0v) is 8.61. The summed E-state index contributed by atoms with van der Waals surface area (Å²) in [6, 6.07) is 7.83. The average molecular weight is 213 g/mol. The average Bonchev–Trinajstić information content (AvgIpc) is 2.74. The van der Waals surface area contributed by atoms with E-state index in [9.17, 15) is 0 Å². The van der Waals surface area contributed by atoms with Gasteiger partial charge in [-0.05, 0) is 24.3 Å². The quantitative estimate of drug-likeness (QED) is 0.624. The molecule has 0 unspecified atom stereocenters. The maximum atomic E-state index is 4.28. The number of pyridine rings is 1. The first kappa shape index (κ1) is 8.49. The first-order valence-corrected chi connectivity index (χ1v) is 5.37. The lowest BCUT2D eigenvalue weighted by molar-refractivity contribution is 1.19. The molecule has 4 heteroatoms. The van der Waals surface area contributed by atoms with Gasteiger partial charge in [0.05, 0.1) is 15.1 Å². The van der Waals surface area contributed by atoms with Gasteiger partial charge in [-0.1, -0.05) is 0 Å². The number of hydrogen-bond donors (Lipinski definition) is 0. The van der Waals surface area contributed by atoms with E-state index in [1.54, 1.807) is 29.9 Å². The Morgan fingerprint density at radius 2 is 1.73 bits per heavy atom. The summed E-state index contributed by atoms with van der Waals surface area (Å²) in [4.78, 5) is 13.8. The van der Waals surface area contributed by atoms with Crippen LogP contribution in [0.1, 0.15) is 0 Å². The van der Waals surface area contributed by atoms with Crippen LogP contribution in [0.4, 0.5) is 0 Å². The highest BCUT2D eigenvalue weighted by atomic mass is 32.1. The summed E-state index contributed by atoms with van der Waals surface area (Å²) in [5.74, 6) is 0.764. The van der Waals surface area contributed by atoms with E-state index in [4.69, 9.17) is 0 Å². The summed E-state index contributed by atoms with van der Waals surface area (Å²) >= 11 is 1.66. The van der Waals surface area contributed by atoms with Crippen LogP contribution in [-0.2, 0) is 0 Å². The predicted octanol–water partition coefficient (Wildman–Crippen LogP) is 2.75. The molecule has 0 aliphatic carbocycles. The minimum atomic E-state index is 0.764. The molecule has 3 aromatic rings. The highest BCUT2D eigenvalue weighted by Gasteiger charge is 2.05. The lowest BCUT2D eigenvalue weighted by Gasteiger charge is -1.91. The van der Waals surface area contributed by atoms with E-state index in [1.807, 2.05) is 18.2 Å². The molecule has 0 bridgehead atoms. The van der Waals surface area contributed by atoms with Gasteiger partial charge in [-0.15, -0.1) is 11.3 Å². The van der Waals surface area contributed by atoms with Crippen LogP contribution in [0.2, 0.25) is 0 Å². The largest absolute Gasteiger partial charge is 0.255 e. The Hall–Kier alpha value is -1.81. The van der Waals surface area contributed by atoms with Crippen LogP contribution in [0, 0.1) is 0 Å². The molecule has 3 heterocycles. The van der Waals surface area contributed by atoms with Crippen LogP contribution in [-0.4, -0.2) is 15.0 Å². The van der Waals surface area contributed by atoms with E-state index in [2.05, 4.69) is 21.0 Å². The third kappa shape index (κ3) is 1.49. The molecule has 15 heavy (non-hydrogen) atoms. The number of thiophene rings is 1. The first-order chi connectivity index (χ1) is 7.43. The van der Waals surface area contributed by atoms with Crippen molar-refractivity contribution < 1.29 is 0 Å². The Labute approximate surface area is 90.5 Å². The Kier molecular flexibility index (Phi) is 1.93. The van der Waals surface area contributed by atoms with Crippen LogP contribution in [0.25, 0.3) is 20.9 Å². The maximum Gasteiger partial charge on any atom is 0.169 e. The Morgan fingerprint density at radius 1 is 0.933 bits per heavy atom. The molecule has 3 aromatic heterocycles. The number of nitrogens with zero attached hydrogens (tertiary/aromatic N) is 3. The van der Waals surface area contributed by atoms with Crippen LogP contribution >= 0.6 is 11.3 Å². The molecular formula is C11H7N3S. The molecule has 0 aliphatic rings. The van der Waals surface area contributed by atoms with Gasteiger partial charge in [-0.25, -0.2) is 9.97 Å². The zero-order chi connectivity index (χ0) is 10.1. The molecule has 3 rings (SSSR count). The minimum absolute atomic E-state index is 0.764. The second-order valence-electron chi connectivity index (χ2n) is 3.07. The van der Waals surface area contributed by atoms with Crippen molar-refractivity contribution in [3.8, 4) is 10.7 Å². The Bertz CT molecular complexity index is 556. The van der Waals surface area contributed by atoms with Gasteiger partial charge in [0, 0.05) is 18.6 Å². The van der Waals surface area contributed by atoms with E-state index in [0.717, 1.165) is 16.2 Å². The molecular weight excluding hydrogens is 206 g/mol. The van der Waals surface area contributed by atoms with Crippen molar-refractivity contribution in [1.82, 2.24) is 15.0 Å². The lowest BCUT2D eigenvalue weighted by Crippen LogP contribution is -1.82. The van der Waals surface area contributed by atoms with Gasteiger partial charge in [0.25, 0.3) is 0 Å². The summed E-state index contributed by atoms with van der Waals surface area (Å²) in [5, 5.41) is 0. The minimum Gasteiger partial charge on any atom is -0.255 e. The van der Waals surface area contributed by atoms with Crippen molar-refractivity contribution in [2.24, 2.45) is 0 Å². The van der Waals surface area contributed by atoms with Crippen LogP contribution in [0.5, 0.6) is 0 Å². The fourth-order valence-electron chi connectivity index (χ4n) is 1.41. The third-order valence-electron chi connectivity index (χ3n) is 2.07. The zero-order valence-electron chi connectivity index (χ0n) is 7.79. The molecule has 0 radical (unpaired) electrons. The molecule has 0 N–H and O–H groups in total. The van der Waals surface area contributed by atoms with Crippen LogP contribution < -0.4 is 0 Å². The van der Waals surface area contributed by atoms with Crippen LogP contribution in [0.3, 0.4) is 0 Å². The fraction of sp³-hybridized carbons (Fsp3) is 0. The second kappa shape index (κ2) is 3.40. The van der Waals surface area contributed by atoms with Gasteiger partial charge in [0.15, 0.2) is 5.82 Å². The van der Waals surface area contributed by atoms with E-state index in [1.165, 1.54) is 4.70 Å². The second-order valence-corrected chi connectivity index (χ2v) is 4.15. The van der Waals surface area contributed by atoms with Gasteiger partial charge in [0.2, 0.25) is 0 Å². The smallest absolute Gasteiger partial charge is 0.169 e. The maximum absolute atomic E-state index is 4.28. The normalized spacial score (nSPS) is 10.7. The van der Waals surface area contributed by atoms with E-state index in [-0.39, 0.29) is 0 Å². The number of fused-ring (bicyclic) bond motifs is 1. The molecule has 3 nitrogen and oxygen atoms in total. The number of aromatic nitrogens is 3. The van der Waals surface area contributed by atoms with Crippen molar-refractivity contribution >= 4 is 21.6 Å². The van der Waals surface area contributed by atoms with Gasteiger partial charge in [-0.2, -0.15) is 0 Å². The fourth-order valence-corrected chi connectivity index (χ4v) is 2.37. The van der Waals surface area contributed by atoms with Crippen molar-refractivity contribution in [2.45, 2.75) is 0 Å². The summed E-state index contributed by atoms with van der Waals surface area (Å²) in [6.07, 6.45) is 5.30. The summed E-state index contributed by atoms with van der Waals surface area (Å²) in [7, 11) is 0. The van der Waals surface area contributed by atoms with E-state index < -0.39 is 0 Å². The molecule has 0 spiro atoms. The van der Waals surface area contributed by atoms with Gasteiger partial charge in [0.1, 0.15) is 0 Å². The molecule has 72 valence electrons. The molecule has 0 saturated heterocycles. The highest BCUT2D eigenvalue weighted by Crippen LogP contribution is 2.29. The molecule has 0 atom stereocenters. The summed E-state index contributed by atoms with van der Waals surface area (Å²) in [6.45, 7) is 0. The SMILES string of the molecule is c1cnc(-c2cc3ncccc3s2)nc1. The first-order valence-electron chi connectivity index (χ1n) is 4.55. The molecule has 0 fully saturated rings. The molecule has 0 aromatic carbocycles. The molecule has 0 amide bonds. The topological polar surface area (TPSA) is 38.7 Å². The third-order valence-corrected chi connectivity index (χ3v) is 3.16. The Balaban J connectivity index is 2.21. The van der Waals surface area contributed by atoms with E-state index >= 15 is 0 Å². The van der Waals surface area contributed by atoms with Gasteiger partial charge < -0.3 is 0 Å². The molecule has 0 aliphatic heterocycles. The number of rotatable bonds is 1. The van der Waals surface area contributed by atoms with Gasteiger partial charge >= 0.3 is 0 Å². The highest BCUT2D eigenvalue weighted by molar-refractivity contribution is 7.22. The van der Waals surface area contributed by atoms with E-state index in [0.29, 0.717) is 0 Å². The predicted molar refractivity (Wildman–Crippen MR) is 60.6 cm³/mol. The van der Waals surface area contributed by atoms with Gasteiger partial charge in [-0.3, -0.25) is 4.98 Å². The molecule has 0 saturated carbocycles. The van der Waals surface area contributed by atoms with Crippen molar-refractivity contribution in [1.29, 1.82) is 0 Å². The Morgan fingerprint density at radius 3 is 2.53 bits per heavy atom.